The van der Waals surface area contributed by atoms with Crippen molar-refractivity contribution in [1.82, 2.24) is 4.90 Å². The van der Waals surface area contributed by atoms with Gasteiger partial charge in [0.15, 0.2) is 0 Å². The SMILES string of the molecule is CCc1c(NCCCCN(CC)CC)c(=S)c1=O. The molecule has 0 heterocycles. The second-order valence-corrected chi connectivity index (χ2v) is 4.93. The number of rotatable bonds is 9. The Hall–Kier alpha value is -0.740. The van der Waals surface area contributed by atoms with Gasteiger partial charge < -0.3 is 10.2 Å². The number of nitrogens with one attached hydrogen (secondary N) is 1. The van der Waals surface area contributed by atoms with Crippen LogP contribution in [0.15, 0.2) is 4.79 Å². The molecule has 4 heteroatoms. The first-order valence-electron chi connectivity index (χ1n) is 6.94. The van der Waals surface area contributed by atoms with Crippen LogP contribution in [0, 0.1) is 4.51 Å². The molecule has 0 aliphatic rings. The minimum absolute atomic E-state index is 0.0677. The topological polar surface area (TPSA) is 32.3 Å². The van der Waals surface area contributed by atoms with E-state index < -0.39 is 0 Å². The first-order valence-corrected chi connectivity index (χ1v) is 7.34. The van der Waals surface area contributed by atoms with Gasteiger partial charge >= 0.3 is 0 Å². The van der Waals surface area contributed by atoms with E-state index in [1.165, 1.54) is 6.42 Å². The smallest absolute Gasteiger partial charge is 0.204 e. The molecule has 0 bridgehead atoms. The van der Waals surface area contributed by atoms with Gasteiger partial charge in [-0.15, -0.1) is 0 Å². The monoisotopic (exact) mass is 268 g/mol. The van der Waals surface area contributed by atoms with E-state index in [9.17, 15) is 4.79 Å². The van der Waals surface area contributed by atoms with Gasteiger partial charge in [-0.1, -0.05) is 33.0 Å². The highest BCUT2D eigenvalue weighted by Crippen LogP contribution is 2.17. The zero-order chi connectivity index (χ0) is 13.5. The summed E-state index contributed by atoms with van der Waals surface area (Å²) in [5, 5.41) is 3.31. The van der Waals surface area contributed by atoms with Crippen molar-refractivity contribution in [1.29, 1.82) is 0 Å². The first kappa shape index (κ1) is 15.3. The number of anilines is 1. The van der Waals surface area contributed by atoms with Crippen LogP contribution in [0.3, 0.4) is 0 Å². The molecule has 0 saturated carbocycles. The molecule has 1 aromatic carbocycles. The van der Waals surface area contributed by atoms with Crippen LogP contribution in [-0.4, -0.2) is 31.1 Å². The van der Waals surface area contributed by atoms with E-state index in [4.69, 9.17) is 12.2 Å². The molecule has 0 fully saturated rings. The van der Waals surface area contributed by atoms with Crippen LogP contribution in [0.1, 0.15) is 39.2 Å². The van der Waals surface area contributed by atoms with Crippen LogP contribution >= 0.6 is 12.2 Å². The van der Waals surface area contributed by atoms with Crippen LogP contribution in [0.25, 0.3) is 0 Å². The number of hydrogen-bond donors (Lipinski definition) is 1. The van der Waals surface area contributed by atoms with E-state index in [2.05, 4.69) is 24.1 Å². The third-order valence-corrected chi connectivity index (χ3v) is 3.85. The van der Waals surface area contributed by atoms with Crippen LogP contribution in [0.4, 0.5) is 5.69 Å². The molecule has 0 aromatic heterocycles. The van der Waals surface area contributed by atoms with Crippen LogP contribution in [0.2, 0.25) is 0 Å². The molecule has 0 radical (unpaired) electrons. The summed E-state index contributed by atoms with van der Waals surface area (Å²) >= 11 is 5.05. The molecule has 18 heavy (non-hydrogen) atoms. The summed E-state index contributed by atoms with van der Waals surface area (Å²) in [6.07, 6.45) is 3.08. The predicted molar refractivity (Wildman–Crippen MR) is 80.8 cm³/mol. The zero-order valence-electron chi connectivity index (χ0n) is 11.7. The summed E-state index contributed by atoms with van der Waals surface area (Å²) in [4.78, 5) is 13.8. The third-order valence-electron chi connectivity index (χ3n) is 3.46. The van der Waals surface area contributed by atoms with Crippen molar-refractivity contribution in [2.45, 2.75) is 40.0 Å². The number of unbranched alkanes of at least 4 members (excludes halogenated alkanes) is 1. The van der Waals surface area contributed by atoms with Crippen LogP contribution < -0.4 is 10.7 Å². The van der Waals surface area contributed by atoms with Gasteiger partial charge in [0.05, 0.1) is 5.69 Å². The van der Waals surface area contributed by atoms with Gasteiger partial charge in [-0.05, 0) is 38.9 Å². The Morgan fingerprint density at radius 2 is 1.83 bits per heavy atom. The largest absolute Gasteiger partial charge is 0.383 e. The van der Waals surface area contributed by atoms with Gasteiger partial charge in [0.1, 0.15) is 4.51 Å². The molecule has 0 amide bonds. The molecule has 102 valence electrons. The molecule has 0 saturated heterocycles. The summed E-state index contributed by atoms with van der Waals surface area (Å²) < 4.78 is 0.496. The second kappa shape index (κ2) is 7.64. The van der Waals surface area contributed by atoms with Gasteiger partial charge in [0, 0.05) is 12.1 Å². The lowest BCUT2D eigenvalue weighted by Crippen LogP contribution is -2.25. The van der Waals surface area contributed by atoms with Crippen molar-refractivity contribution >= 4 is 17.9 Å². The average molecular weight is 268 g/mol. The van der Waals surface area contributed by atoms with E-state index in [1.54, 1.807) is 0 Å². The predicted octanol–water partition coefficient (Wildman–Crippen LogP) is 2.75. The Morgan fingerprint density at radius 3 is 2.39 bits per heavy atom. The van der Waals surface area contributed by atoms with Crippen molar-refractivity contribution < 1.29 is 0 Å². The molecular weight excluding hydrogens is 244 g/mol. The van der Waals surface area contributed by atoms with E-state index in [1.807, 2.05) is 6.92 Å². The Balaban J connectivity index is 2.24. The molecular formula is C14H24N2OS. The lowest BCUT2D eigenvalue weighted by Gasteiger charge is -2.18. The normalized spacial score (nSPS) is 11.3. The molecule has 3 nitrogen and oxygen atoms in total. The maximum Gasteiger partial charge on any atom is 0.204 e. The van der Waals surface area contributed by atoms with Gasteiger partial charge in [-0.3, -0.25) is 4.79 Å². The highest BCUT2D eigenvalue weighted by atomic mass is 32.1. The summed E-state index contributed by atoms with van der Waals surface area (Å²) in [5.41, 5.74) is 1.88. The molecule has 0 atom stereocenters. The third kappa shape index (κ3) is 3.62. The summed E-state index contributed by atoms with van der Waals surface area (Å²) in [5.74, 6) is 0. The fourth-order valence-corrected chi connectivity index (χ4v) is 2.50. The first-order chi connectivity index (χ1) is 8.65. The van der Waals surface area contributed by atoms with E-state index in [0.717, 1.165) is 50.3 Å². The van der Waals surface area contributed by atoms with Crippen LogP contribution in [-0.2, 0) is 6.42 Å². The summed E-state index contributed by atoms with van der Waals surface area (Å²) in [6, 6.07) is 0. The molecule has 0 aliphatic heterocycles. The van der Waals surface area contributed by atoms with Gasteiger partial charge in [-0.2, -0.15) is 0 Å². The molecule has 1 aromatic rings. The van der Waals surface area contributed by atoms with Gasteiger partial charge in [0.2, 0.25) is 5.43 Å². The average Bonchev–Trinajstić information content (AvgIpc) is 2.40. The summed E-state index contributed by atoms with van der Waals surface area (Å²) in [7, 11) is 0. The molecule has 0 unspecified atom stereocenters. The summed E-state index contributed by atoms with van der Waals surface area (Å²) in [6.45, 7) is 10.7. The maximum atomic E-state index is 11.4. The Morgan fingerprint density at radius 1 is 1.17 bits per heavy atom. The lowest BCUT2D eigenvalue weighted by molar-refractivity contribution is 0.298. The fourth-order valence-electron chi connectivity index (χ4n) is 2.18. The van der Waals surface area contributed by atoms with Gasteiger partial charge in [-0.25, -0.2) is 0 Å². The highest BCUT2D eigenvalue weighted by molar-refractivity contribution is 7.71. The Kier molecular flexibility index (Phi) is 6.50. The van der Waals surface area contributed by atoms with Crippen LogP contribution in [0.5, 0.6) is 0 Å². The molecule has 1 rings (SSSR count). The van der Waals surface area contributed by atoms with Crippen molar-refractivity contribution in [2.24, 2.45) is 0 Å². The second-order valence-electron chi connectivity index (χ2n) is 4.53. The molecule has 0 spiro atoms. The van der Waals surface area contributed by atoms with Crippen molar-refractivity contribution in [3.8, 4) is 0 Å². The minimum atomic E-state index is 0.0677. The van der Waals surface area contributed by atoms with E-state index in [0.29, 0.717) is 4.51 Å². The van der Waals surface area contributed by atoms with E-state index in [-0.39, 0.29) is 5.43 Å². The standard InChI is InChI=1S/C14H24N2OS/c1-4-11-12(14(18)13(11)17)15-9-7-8-10-16(5-2)6-3/h15H,4-10H2,1-3H3. The minimum Gasteiger partial charge on any atom is -0.383 e. The van der Waals surface area contributed by atoms with Crippen molar-refractivity contribution in [3.63, 3.8) is 0 Å². The maximum absolute atomic E-state index is 11.4. The highest BCUT2D eigenvalue weighted by Gasteiger charge is 2.14. The number of hydrogen-bond acceptors (Lipinski definition) is 4. The molecule has 1 N–H and O–H groups in total. The quantitative estimate of drug-likeness (QED) is 0.551. The van der Waals surface area contributed by atoms with Gasteiger partial charge in [0.25, 0.3) is 0 Å². The zero-order valence-corrected chi connectivity index (χ0v) is 12.5. The van der Waals surface area contributed by atoms with Crippen molar-refractivity contribution in [2.75, 3.05) is 31.5 Å². The number of nitrogens with zero attached hydrogens (tertiary/aromatic N) is 1. The Labute approximate surface area is 115 Å². The van der Waals surface area contributed by atoms with Crippen molar-refractivity contribution in [3.05, 3.63) is 20.3 Å². The lowest BCUT2D eigenvalue weighted by atomic mass is 10.1. The Bertz CT molecular complexity index is 431. The molecule has 0 aliphatic carbocycles. The van der Waals surface area contributed by atoms with E-state index >= 15 is 0 Å². The fraction of sp³-hybridized carbons (Fsp3) is 0.714.